The molecule has 0 radical (unpaired) electrons. The molecule has 2 fully saturated rings. The van der Waals surface area contributed by atoms with Gasteiger partial charge in [-0.25, -0.2) is 0 Å². The minimum absolute atomic E-state index is 0.0473. The van der Waals surface area contributed by atoms with Gasteiger partial charge in [0, 0.05) is 6.42 Å². The van der Waals surface area contributed by atoms with Crippen LogP contribution in [0.5, 0.6) is 0 Å². The number of amides is 1. The molecule has 4 heteroatoms. The molecular weight excluding hydrogens is 252 g/mol. The van der Waals surface area contributed by atoms with Gasteiger partial charge < -0.3 is 14.2 Å². The van der Waals surface area contributed by atoms with Crippen LogP contribution in [0.3, 0.4) is 0 Å². The standard InChI is InChI=1S/C16H24N2O2/c1-13-4-2-5-14(12-13)17-7-9-18(10-8-17)16(19)15-6-3-11-20-15/h3,6,11,13-14H,2,4-5,7-10,12H2,1H3/p+1/t13-,14+/m0/s1. The lowest BCUT2D eigenvalue weighted by molar-refractivity contribution is -0.930. The van der Waals surface area contributed by atoms with Gasteiger partial charge in [0.25, 0.3) is 5.91 Å². The second-order valence-corrected chi connectivity index (χ2v) is 6.40. The van der Waals surface area contributed by atoms with Crippen LogP contribution in [-0.4, -0.2) is 43.0 Å². The number of carbonyl (C=O) groups is 1. The fraction of sp³-hybridized carbons (Fsp3) is 0.688. The Balaban J connectivity index is 1.53. The van der Waals surface area contributed by atoms with E-state index >= 15 is 0 Å². The summed E-state index contributed by atoms with van der Waals surface area (Å²) in [5.74, 6) is 1.40. The summed E-state index contributed by atoms with van der Waals surface area (Å²) < 4.78 is 5.21. The number of hydrogen-bond donors (Lipinski definition) is 1. The lowest BCUT2D eigenvalue weighted by atomic mass is 9.86. The van der Waals surface area contributed by atoms with Gasteiger partial charge in [0.15, 0.2) is 5.76 Å². The van der Waals surface area contributed by atoms with E-state index in [-0.39, 0.29) is 5.91 Å². The normalized spacial score (nSPS) is 28.6. The molecule has 1 aliphatic carbocycles. The van der Waals surface area contributed by atoms with E-state index in [1.54, 1.807) is 23.3 Å². The third-order valence-corrected chi connectivity index (χ3v) is 4.94. The van der Waals surface area contributed by atoms with Crippen LogP contribution in [0.4, 0.5) is 0 Å². The molecule has 1 saturated carbocycles. The zero-order chi connectivity index (χ0) is 13.9. The van der Waals surface area contributed by atoms with Gasteiger partial charge in [-0.1, -0.05) is 13.3 Å². The first-order chi connectivity index (χ1) is 9.74. The quantitative estimate of drug-likeness (QED) is 0.882. The number of piperazine rings is 1. The third-order valence-electron chi connectivity index (χ3n) is 4.94. The number of nitrogens with one attached hydrogen (secondary N) is 1. The van der Waals surface area contributed by atoms with Gasteiger partial charge in [0.1, 0.15) is 0 Å². The molecule has 0 unspecified atom stereocenters. The number of quaternary nitrogens is 1. The lowest BCUT2D eigenvalue weighted by Gasteiger charge is -2.39. The van der Waals surface area contributed by atoms with E-state index in [9.17, 15) is 4.79 Å². The second kappa shape index (κ2) is 6.00. The largest absolute Gasteiger partial charge is 0.459 e. The first-order valence-electron chi connectivity index (χ1n) is 7.91. The van der Waals surface area contributed by atoms with Crippen molar-refractivity contribution in [1.29, 1.82) is 0 Å². The first-order valence-corrected chi connectivity index (χ1v) is 7.91. The molecule has 2 heterocycles. The topological polar surface area (TPSA) is 37.9 Å². The van der Waals surface area contributed by atoms with Crippen molar-refractivity contribution in [2.24, 2.45) is 5.92 Å². The van der Waals surface area contributed by atoms with Crippen molar-refractivity contribution in [3.05, 3.63) is 24.2 Å². The van der Waals surface area contributed by atoms with Crippen LogP contribution in [0.15, 0.2) is 22.8 Å². The van der Waals surface area contributed by atoms with Gasteiger partial charge in [0.2, 0.25) is 0 Å². The molecule has 1 aliphatic heterocycles. The number of nitrogens with zero attached hydrogens (tertiary/aromatic N) is 1. The van der Waals surface area contributed by atoms with Crippen LogP contribution < -0.4 is 4.90 Å². The first kappa shape index (κ1) is 13.7. The van der Waals surface area contributed by atoms with Crippen molar-refractivity contribution in [2.75, 3.05) is 26.2 Å². The molecule has 1 aromatic rings. The van der Waals surface area contributed by atoms with Gasteiger partial charge in [-0.2, -0.15) is 0 Å². The van der Waals surface area contributed by atoms with Gasteiger partial charge in [0.05, 0.1) is 38.5 Å². The number of rotatable bonds is 2. The van der Waals surface area contributed by atoms with Crippen molar-refractivity contribution in [2.45, 2.75) is 38.6 Å². The monoisotopic (exact) mass is 277 g/mol. The predicted molar refractivity (Wildman–Crippen MR) is 76.7 cm³/mol. The molecule has 1 saturated heterocycles. The molecular formula is C16H25N2O2+. The maximum Gasteiger partial charge on any atom is 0.289 e. The van der Waals surface area contributed by atoms with Gasteiger partial charge in [-0.15, -0.1) is 0 Å². The van der Waals surface area contributed by atoms with Crippen molar-refractivity contribution in [3.63, 3.8) is 0 Å². The van der Waals surface area contributed by atoms with Gasteiger partial charge in [-0.05, 0) is 30.9 Å². The Kier molecular flexibility index (Phi) is 4.10. The Bertz CT molecular complexity index is 435. The van der Waals surface area contributed by atoms with E-state index in [0.717, 1.165) is 38.1 Å². The predicted octanol–water partition coefficient (Wildman–Crippen LogP) is 1.20. The van der Waals surface area contributed by atoms with Gasteiger partial charge >= 0.3 is 0 Å². The Morgan fingerprint density at radius 2 is 2.15 bits per heavy atom. The van der Waals surface area contributed by atoms with Crippen molar-refractivity contribution in [3.8, 4) is 0 Å². The summed E-state index contributed by atoms with van der Waals surface area (Å²) >= 11 is 0. The van der Waals surface area contributed by atoms with E-state index in [1.807, 2.05) is 4.90 Å². The number of carbonyl (C=O) groups excluding carboxylic acids is 1. The maximum atomic E-state index is 12.2. The SMILES string of the molecule is C[C@H]1CCC[C@@H]([NH+]2CCN(C(=O)c3ccco3)CC2)C1. The molecule has 20 heavy (non-hydrogen) atoms. The smallest absolute Gasteiger partial charge is 0.289 e. The minimum atomic E-state index is 0.0473. The van der Waals surface area contributed by atoms with E-state index in [2.05, 4.69) is 6.92 Å². The van der Waals surface area contributed by atoms with E-state index in [1.165, 1.54) is 25.7 Å². The summed E-state index contributed by atoms with van der Waals surface area (Å²) in [6, 6.07) is 4.35. The van der Waals surface area contributed by atoms with E-state index < -0.39 is 0 Å². The van der Waals surface area contributed by atoms with Crippen LogP contribution in [0.2, 0.25) is 0 Å². The Morgan fingerprint density at radius 3 is 2.80 bits per heavy atom. The van der Waals surface area contributed by atoms with Crippen LogP contribution in [0.25, 0.3) is 0 Å². The highest BCUT2D eigenvalue weighted by molar-refractivity contribution is 5.91. The average molecular weight is 277 g/mol. The summed E-state index contributed by atoms with van der Waals surface area (Å²) in [6.45, 7) is 6.27. The molecule has 4 nitrogen and oxygen atoms in total. The van der Waals surface area contributed by atoms with Crippen LogP contribution in [0, 0.1) is 5.92 Å². The summed E-state index contributed by atoms with van der Waals surface area (Å²) in [6.07, 6.45) is 7.07. The molecule has 110 valence electrons. The molecule has 2 aliphatic rings. The summed E-state index contributed by atoms with van der Waals surface area (Å²) in [5, 5.41) is 0. The Labute approximate surface area is 120 Å². The fourth-order valence-electron chi connectivity index (χ4n) is 3.77. The van der Waals surface area contributed by atoms with Crippen molar-refractivity contribution in [1.82, 2.24) is 4.90 Å². The van der Waals surface area contributed by atoms with E-state index in [0.29, 0.717) is 5.76 Å². The molecule has 2 atom stereocenters. The zero-order valence-corrected chi connectivity index (χ0v) is 12.3. The molecule has 1 N–H and O–H groups in total. The van der Waals surface area contributed by atoms with Crippen LogP contribution in [0.1, 0.15) is 43.2 Å². The average Bonchev–Trinajstić information content (AvgIpc) is 3.01. The number of hydrogen-bond acceptors (Lipinski definition) is 2. The maximum absolute atomic E-state index is 12.2. The Hall–Kier alpha value is -1.29. The molecule has 1 aromatic heterocycles. The molecule has 0 aromatic carbocycles. The molecule has 1 amide bonds. The highest BCUT2D eigenvalue weighted by Gasteiger charge is 2.32. The Morgan fingerprint density at radius 1 is 1.35 bits per heavy atom. The second-order valence-electron chi connectivity index (χ2n) is 6.40. The summed E-state index contributed by atoms with van der Waals surface area (Å²) in [4.78, 5) is 15.9. The van der Waals surface area contributed by atoms with Crippen molar-refractivity contribution < 1.29 is 14.1 Å². The molecule has 0 bridgehead atoms. The van der Waals surface area contributed by atoms with Crippen molar-refractivity contribution >= 4 is 5.91 Å². The van der Waals surface area contributed by atoms with E-state index in [4.69, 9.17) is 4.42 Å². The molecule has 0 spiro atoms. The fourth-order valence-corrected chi connectivity index (χ4v) is 3.77. The highest BCUT2D eigenvalue weighted by atomic mass is 16.3. The third kappa shape index (κ3) is 2.90. The van der Waals surface area contributed by atoms with Gasteiger partial charge in [-0.3, -0.25) is 4.79 Å². The zero-order valence-electron chi connectivity index (χ0n) is 12.3. The lowest BCUT2D eigenvalue weighted by Crippen LogP contribution is -3.18. The molecule has 3 rings (SSSR count). The minimum Gasteiger partial charge on any atom is -0.459 e. The van der Waals surface area contributed by atoms with Crippen LogP contribution >= 0.6 is 0 Å². The summed E-state index contributed by atoms with van der Waals surface area (Å²) in [7, 11) is 0. The highest BCUT2D eigenvalue weighted by Crippen LogP contribution is 2.22. The van der Waals surface area contributed by atoms with Crippen LogP contribution in [-0.2, 0) is 0 Å². The number of furan rings is 1. The summed E-state index contributed by atoms with van der Waals surface area (Å²) in [5.41, 5.74) is 0.